The number of hydrogen-bond acceptors (Lipinski definition) is 3. The molecule has 0 amide bonds. The number of rotatable bonds is 0. The Balaban J connectivity index is 2.92. The lowest BCUT2D eigenvalue weighted by molar-refractivity contribution is 0.824. The Hall–Kier alpha value is -1.39. The lowest BCUT2D eigenvalue weighted by Gasteiger charge is -1.71. The van der Waals surface area contributed by atoms with Crippen molar-refractivity contribution in [2.45, 2.75) is 6.92 Å². The molecule has 1 N–H and O–H groups in total. The molecule has 2 aromatic rings. The second kappa shape index (κ2) is 1.31. The minimum absolute atomic E-state index is 0.618. The molecule has 5 nitrogen and oxygen atoms in total. The van der Waals surface area contributed by atoms with Gasteiger partial charge in [0.1, 0.15) is 0 Å². The zero-order valence-corrected chi connectivity index (χ0v) is 4.87. The first-order valence-electron chi connectivity index (χ1n) is 2.59. The van der Waals surface area contributed by atoms with Gasteiger partial charge in [0.15, 0.2) is 0 Å². The zero-order valence-electron chi connectivity index (χ0n) is 4.87. The molecule has 0 aliphatic heterocycles. The van der Waals surface area contributed by atoms with Gasteiger partial charge in [0.05, 0.1) is 11.9 Å². The van der Waals surface area contributed by atoms with E-state index in [4.69, 9.17) is 0 Å². The molecule has 0 saturated heterocycles. The van der Waals surface area contributed by atoms with Gasteiger partial charge in [-0.15, -0.1) is 0 Å². The van der Waals surface area contributed by atoms with E-state index in [1.807, 2.05) is 13.1 Å². The van der Waals surface area contributed by atoms with Gasteiger partial charge in [0.2, 0.25) is 0 Å². The number of nitrogens with zero attached hydrogens (tertiary/aromatic N) is 4. The van der Waals surface area contributed by atoms with Crippen molar-refractivity contribution in [3.63, 3.8) is 0 Å². The number of nitrogens with one attached hydrogen (secondary N) is 1. The topological polar surface area (TPSA) is 58.9 Å². The van der Waals surface area contributed by atoms with Crippen molar-refractivity contribution in [1.29, 1.82) is 0 Å². The fraction of sp³-hybridized carbons (Fsp3) is 0.250. The minimum Gasteiger partial charge on any atom is -0.214 e. The molecule has 0 aliphatic rings. The highest BCUT2D eigenvalue weighted by atomic mass is 15.5. The van der Waals surface area contributed by atoms with E-state index in [1.54, 1.807) is 4.52 Å². The Morgan fingerprint density at radius 1 is 1.67 bits per heavy atom. The molecule has 0 aliphatic carbocycles. The van der Waals surface area contributed by atoms with Crippen LogP contribution in [0.2, 0.25) is 0 Å². The maximum Gasteiger partial charge on any atom is 0.271 e. The summed E-state index contributed by atoms with van der Waals surface area (Å²) < 4.78 is 1.66. The van der Waals surface area contributed by atoms with Crippen LogP contribution in [-0.2, 0) is 0 Å². The van der Waals surface area contributed by atoms with Crippen molar-refractivity contribution in [2.75, 3.05) is 0 Å². The van der Waals surface area contributed by atoms with Gasteiger partial charge in [0, 0.05) is 0 Å². The highest BCUT2D eigenvalue weighted by Gasteiger charge is 1.96. The van der Waals surface area contributed by atoms with Gasteiger partial charge in [-0.1, -0.05) is 5.10 Å². The third-order valence-electron chi connectivity index (χ3n) is 1.10. The van der Waals surface area contributed by atoms with E-state index in [0.29, 0.717) is 5.78 Å². The van der Waals surface area contributed by atoms with Crippen LogP contribution in [0, 0.1) is 6.92 Å². The number of imidazole rings is 1. The average Bonchev–Trinajstić information content (AvgIpc) is 2.22. The summed E-state index contributed by atoms with van der Waals surface area (Å²) in [4.78, 5) is 4.03. The third kappa shape index (κ3) is 0.509. The van der Waals surface area contributed by atoms with Crippen LogP contribution in [0.1, 0.15) is 5.69 Å². The van der Waals surface area contributed by atoms with Crippen LogP contribution in [0.5, 0.6) is 0 Å². The zero-order chi connectivity index (χ0) is 6.27. The Labute approximate surface area is 50.7 Å². The van der Waals surface area contributed by atoms with Crippen LogP contribution in [0.4, 0.5) is 0 Å². The van der Waals surface area contributed by atoms with Gasteiger partial charge in [-0.05, 0) is 12.1 Å². The van der Waals surface area contributed by atoms with Gasteiger partial charge in [-0.2, -0.15) is 5.21 Å². The van der Waals surface area contributed by atoms with Crippen LogP contribution >= 0.6 is 0 Å². The largest absolute Gasteiger partial charge is 0.271 e. The van der Waals surface area contributed by atoms with Crippen LogP contribution in [-0.4, -0.2) is 25.0 Å². The molecular weight excluding hydrogens is 118 g/mol. The number of aromatic nitrogens is 5. The first-order valence-corrected chi connectivity index (χ1v) is 2.59. The number of tetrazole rings is 1. The monoisotopic (exact) mass is 123 g/mol. The molecule has 2 aromatic heterocycles. The molecule has 0 aromatic carbocycles. The Morgan fingerprint density at radius 3 is 3.33 bits per heavy atom. The van der Waals surface area contributed by atoms with E-state index in [1.165, 1.54) is 0 Å². The molecule has 0 fully saturated rings. The maximum absolute atomic E-state index is 4.03. The Kier molecular flexibility index (Phi) is 0.652. The van der Waals surface area contributed by atoms with Crippen LogP contribution in [0.3, 0.4) is 0 Å². The van der Waals surface area contributed by atoms with Gasteiger partial charge in [-0.3, -0.25) is 0 Å². The highest BCUT2D eigenvalue weighted by Crippen LogP contribution is 1.94. The van der Waals surface area contributed by atoms with E-state index in [9.17, 15) is 0 Å². The summed E-state index contributed by atoms with van der Waals surface area (Å²) in [5.41, 5.74) is 0.941. The standard InChI is InChI=1S/C4H5N5/c1-3-2-9-4(5-3)6-7-8-9/h2H,1H3,(H,5,6,8). The summed E-state index contributed by atoms with van der Waals surface area (Å²) in [5.74, 6) is 0.618. The molecule has 2 heterocycles. The van der Waals surface area contributed by atoms with Crippen LogP contribution in [0.25, 0.3) is 5.78 Å². The number of aryl methyl sites for hydroxylation is 1. The average molecular weight is 123 g/mol. The quantitative estimate of drug-likeness (QED) is 0.526. The van der Waals surface area contributed by atoms with E-state index in [0.717, 1.165) is 5.69 Å². The maximum atomic E-state index is 4.03. The predicted octanol–water partition coefficient (Wildman–Crippen LogP) is -0.239. The fourth-order valence-corrected chi connectivity index (χ4v) is 0.744. The van der Waals surface area contributed by atoms with E-state index < -0.39 is 0 Å². The molecule has 0 bridgehead atoms. The normalized spacial score (nSPS) is 10.8. The minimum atomic E-state index is 0.618. The molecule has 0 unspecified atom stereocenters. The van der Waals surface area contributed by atoms with Gasteiger partial charge in [0.25, 0.3) is 5.78 Å². The molecule has 9 heavy (non-hydrogen) atoms. The van der Waals surface area contributed by atoms with Crippen molar-refractivity contribution < 1.29 is 0 Å². The molecule has 0 saturated carbocycles. The number of fused-ring (bicyclic) bond motifs is 1. The third-order valence-corrected chi connectivity index (χ3v) is 1.10. The number of H-pyrrole nitrogens is 1. The molecule has 0 spiro atoms. The summed E-state index contributed by atoms with van der Waals surface area (Å²) in [6.07, 6.45) is 1.83. The van der Waals surface area contributed by atoms with Crippen molar-refractivity contribution in [2.24, 2.45) is 0 Å². The highest BCUT2D eigenvalue weighted by molar-refractivity contribution is 5.24. The van der Waals surface area contributed by atoms with Crippen molar-refractivity contribution >= 4 is 5.78 Å². The first-order chi connectivity index (χ1) is 4.36. The second-order valence-electron chi connectivity index (χ2n) is 1.85. The van der Waals surface area contributed by atoms with Crippen molar-refractivity contribution in [3.05, 3.63) is 11.9 Å². The molecule has 46 valence electrons. The lowest BCUT2D eigenvalue weighted by atomic mass is 10.6. The van der Waals surface area contributed by atoms with Crippen LogP contribution < -0.4 is 0 Å². The summed E-state index contributed by atoms with van der Waals surface area (Å²) >= 11 is 0. The van der Waals surface area contributed by atoms with Crippen molar-refractivity contribution in [3.8, 4) is 0 Å². The summed E-state index contributed by atoms with van der Waals surface area (Å²) in [7, 11) is 0. The molecule has 2 rings (SSSR count). The number of aromatic amines is 1. The molecule has 0 radical (unpaired) electrons. The van der Waals surface area contributed by atoms with Gasteiger partial charge >= 0.3 is 0 Å². The summed E-state index contributed by atoms with van der Waals surface area (Å²) in [6.45, 7) is 1.91. The van der Waals surface area contributed by atoms with E-state index >= 15 is 0 Å². The van der Waals surface area contributed by atoms with E-state index in [-0.39, 0.29) is 0 Å². The predicted molar refractivity (Wildman–Crippen MR) is 29.9 cm³/mol. The summed E-state index contributed by atoms with van der Waals surface area (Å²) in [5, 5.41) is 9.85. The first kappa shape index (κ1) is 4.49. The Morgan fingerprint density at radius 2 is 2.56 bits per heavy atom. The lowest BCUT2D eigenvalue weighted by Crippen LogP contribution is -1.78. The molecule has 5 heteroatoms. The van der Waals surface area contributed by atoms with Gasteiger partial charge in [-0.25, -0.2) is 9.50 Å². The smallest absolute Gasteiger partial charge is 0.214 e. The van der Waals surface area contributed by atoms with Crippen molar-refractivity contribution in [1.82, 2.24) is 25.0 Å². The SMILES string of the molecule is Cc1cn2[nH]nnc2n1. The summed E-state index contributed by atoms with van der Waals surface area (Å²) in [6, 6.07) is 0. The fourth-order valence-electron chi connectivity index (χ4n) is 0.744. The van der Waals surface area contributed by atoms with Crippen LogP contribution in [0.15, 0.2) is 6.20 Å². The molecule has 0 atom stereocenters. The van der Waals surface area contributed by atoms with Gasteiger partial charge < -0.3 is 0 Å². The number of hydrogen-bond donors (Lipinski definition) is 1. The Bertz CT molecular complexity index is 290. The second-order valence-corrected chi connectivity index (χ2v) is 1.85. The molecular formula is C4H5N5. The van der Waals surface area contributed by atoms with E-state index in [2.05, 4.69) is 20.5 Å².